The fraction of sp³-hybridized carbons (Fsp3) is 0.571. The van der Waals surface area contributed by atoms with E-state index in [1.165, 1.54) is 0 Å². The Kier molecular flexibility index (Phi) is 5.62. The van der Waals surface area contributed by atoms with Gasteiger partial charge in [-0.25, -0.2) is 0 Å². The number of halogens is 1. The molecule has 0 N–H and O–H groups in total. The summed E-state index contributed by atoms with van der Waals surface area (Å²) in [6, 6.07) is 0. The summed E-state index contributed by atoms with van der Waals surface area (Å²) >= 11 is 5.12. The third-order valence-electron chi connectivity index (χ3n) is 1.34. The lowest BCUT2D eigenvalue weighted by molar-refractivity contribution is -0.144. The highest BCUT2D eigenvalue weighted by molar-refractivity contribution is 6.63. The van der Waals surface area contributed by atoms with Gasteiger partial charge in [0.05, 0.1) is 14.2 Å². The Morgan fingerprint density at radius 3 is 1.64 bits per heavy atom. The number of esters is 2. The van der Waals surface area contributed by atoms with Gasteiger partial charge in [-0.15, -0.1) is 0 Å². The van der Waals surface area contributed by atoms with Crippen LogP contribution < -0.4 is 0 Å². The summed E-state index contributed by atoms with van der Waals surface area (Å²) in [5.41, 5.74) is 0. The minimum atomic E-state index is -0.916. The van der Waals surface area contributed by atoms with Crippen LogP contribution in [0.1, 0.15) is 0 Å². The summed E-state index contributed by atoms with van der Waals surface area (Å²) in [5, 5.41) is -0.916. The lowest BCUT2D eigenvalue weighted by Gasteiger charge is -2.15. The second-order valence-corrected chi connectivity index (χ2v) is 2.58. The van der Waals surface area contributed by atoms with E-state index in [1.54, 1.807) is 0 Å². The van der Waals surface area contributed by atoms with Crippen LogP contribution in [0.3, 0.4) is 0 Å². The molecule has 0 aliphatic carbocycles. The van der Waals surface area contributed by atoms with Crippen LogP contribution in [0.25, 0.3) is 0 Å². The molecule has 0 bridgehead atoms. The highest BCUT2D eigenvalue weighted by atomic mass is 35.5. The van der Waals surface area contributed by atoms with Gasteiger partial charge in [0.15, 0.2) is 0 Å². The molecule has 0 heterocycles. The molecule has 0 saturated carbocycles. The van der Waals surface area contributed by atoms with Crippen molar-refractivity contribution in [2.75, 3.05) is 27.3 Å². The van der Waals surface area contributed by atoms with Crippen LogP contribution >= 0.6 is 11.6 Å². The molecule has 1 amide bonds. The molecule has 0 aliphatic rings. The van der Waals surface area contributed by atoms with Crippen molar-refractivity contribution in [3.63, 3.8) is 0 Å². The zero-order valence-electron chi connectivity index (χ0n) is 7.78. The quantitative estimate of drug-likeness (QED) is 0.381. The predicted molar refractivity (Wildman–Crippen MR) is 46.9 cm³/mol. The number of methoxy groups -OCH3 is 2. The molecule has 6 nitrogen and oxygen atoms in total. The third-order valence-corrected chi connectivity index (χ3v) is 1.58. The Morgan fingerprint density at radius 2 is 1.43 bits per heavy atom. The van der Waals surface area contributed by atoms with E-state index >= 15 is 0 Å². The van der Waals surface area contributed by atoms with Crippen LogP contribution in [0.5, 0.6) is 0 Å². The fourth-order valence-corrected chi connectivity index (χ4v) is 0.741. The van der Waals surface area contributed by atoms with Crippen molar-refractivity contribution < 1.29 is 23.9 Å². The molecule has 0 aromatic heterocycles. The van der Waals surface area contributed by atoms with Crippen molar-refractivity contribution >= 4 is 28.9 Å². The Bertz CT molecular complexity index is 224. The van der Waals surface area contributed by atoms with Gasteiger partial charge in [0, 0.05) is 0 Å². The molecular weight excluding hydrogens is 214 g/mol. The summed E-state index contributed by atoms with van der Waals surface area (Å²) < 4.78 is 8.60. The fourth-order valence-electron chi connectivity index (χ4n) is 0.621. The summed E-state index contributed by atoms with van der Waals surface area (Å²) in [7, 11) is 2.33. The van der Waals surface area contributed by atoms with E-state index in [0.717, 1.165) is 19.1 Å². The molecule has 14 heavy (non-hydrogen) atoms. The first-order valence-electron chi connectivity index (χ1n) is 3.59. The maximum Gasteiger partial charge on any atom is 0.325 e. The van der Waals surface area contributed by atoms with Crippen molar-refractivity contribution in [1.82, 2.24) is 4.90 Å². The third kappa shape index (κ3) is 4.66. The predicted octanol–water partition coefficient (Wildman–Crippen LogP) is -0.00680. The second-order valence-electron chi connectivity index (χ2n) is 2.26. The molecule has 0 fully saturated rings. The molecule has 0 saturated heterocycles. The molecule has 0 radical (unpaired) electrons. The Morgan fingerprint density at radius 1 is 1.07 bits per heavy atom. The molecule has 80 valence electrons. The van der Waals surface area contributed by atoms with Gasteiger partial charge < -0.3 is 14.4 Å². The molecule has 7 heteroatoms. The Hall–Kier alpha value is -1.30. The first kappa shape index (κ1) is 12.7. The van der Waals surface area contributed by atoms with Crippen molar-refractivity contribution in [3.05, 3.63) is 0 Å². The molecule has 0 unspecified atom stereocenters. The number of amides is 1. The SMILES string of the molecule is COC(=O)CN(CC(=O)OC)C(=O)Cl. The van der Waals surface area contributed by atoms with Gasteiger partial charge in [0.1, 0.15) is 13.1 Å². The van der Waals surface area contributed by atoms with Gasteiger partial charge >= 0.3 is 17.3 Å². The van der Waals surface area contributed by atoms with Crippen LogP contribution in [0.4, 0.5) is 4.79 Å². The van der Waals surface area contributed by atoms with Crippen LogP contribution in [0, 0.1) is 0 Å². The average Bonchev–Trinajstić information content (AvgIpc) is 2.16. The van der Waals surface area contributed by atoms with Gasteiger partial charge in [-0.1, -0.05) is 0 Å². The van der Waals surface area contributed by atoms with Gasteiger partial charge in [-0.05, 0) is 11.6 Å². The van der Waals surface area contributed by atoms with E-state index in [9.17, 15) is 14.4 Å². The Balaban J connectivity index is 4.23. The van der Waals surface area contributed by atoms with Gasteiger partial charge in [0.25, 0.3) is 0 Å². The minimum Gasteiger partial charge on any atom is -0.468 e. The lowest BCUT2D eigenvalue weighted by atomic mass is 10.5. The summed E-state index contributed by atoms with van der Waals surface area (Å²) in [6.07, 6.45) is 0. The highest BCUT2D eigenvalue weighted by Gasteiger charge is 2.18. The number of nitrogens with zero attached hydrogens (tertiary/aromatic N) is 1. The monoisotopic (exact) mass is 223 g/mol. The molecule has 0 spiro atoms. The van der Waals surface area contributed by atoms with Crippen LogP contribution in [-0.2, 0) is 19.1 Å². The van der Waals surface area contributed by atoms with E-state index in [0.29, 0.717) is 0 Å². The average molecular weight is 224 g/mol. The van der Waals surface area contributed by atoms with Gasteiger partial charge in [-0.3, -0.25) is 14.4 Å². The first-order chi connectivity index (χ1) is 6.51. The zero-order chi connectivity index (χ0) is 11.1. The summed E-state index contributed by atoms with van der Waals surface area (Å²) in [5.74, 6) is -1.33. The van der Waals surface area contributed by atoms with Crippen molar-refractivity contribution in [3.8, 4) is 0 Å². The maximum absolute atomic E-state index is 10.8. The van der Waals surface area contributed by atoms with E-state index in [1.807, 2.05) is 0 Å². The highest BCUT2D eigenvalue weighted by Crippen LogP contribution is 1.97. The molecule has 0 aromatic carbocycles. The van der Waals surface area contributed by atoms with E-state index in [2.05, 4.69) is 9.47 Å². The number of hydrogen-bond acceptors (Lipinski definition) is 5. The van der Waals surface area contributed by atoms with Crippen LogP contribution in [0.15, 0.2) is 0 Å². The molecular formula is C7H10ClNO5. The number of ether oxygens (including phenoxy) is 2. The smallest absolute Gasteiger partial charge is 0.325 e. The van der Waals surface area contributed by atoms with E-state index in [4.69, 9.17) is 11.6 Å². The van der Waals surface area contributed by atoms with Gasteiger partial charge in [0.2, 0.25) is 0 Å². The lowest BCUT2D eigenvalue weighted by Crippen LogP contribution is -2.37. The summed E-state index contributed by atoms with van der Waals surface area (Å²) in [4.78, 5) is 33.1. The number of carbonyl (C=O) groups excluding carboxylic acids is 3. The molecule has 0 aromatic rings. The topological polar surface area (TPSA) is 72.9 Å². The van der Waals surface area contributed by atoms with Gasteiger partial charge in [-0.2, -0.15) is 0 Å². The van der Waals surface area contributed by atoms with Crippen molar-refractivity contribution in [2.45, 2.75) is 0 Å². The second kappa shape index (κ2) is 6.20. The van der Waals surface area contributed by atoms with E-state index < -0.39 is 17.3 Å². The standard InChI is InChI=1S/C7H10ClNO5/c1-13-5(10)3-9(7(8)12)4-6(11)14-2/h3-4H2,1-2H3. The van der Waals surface area contributed by atoms with Crippen LogP contribution in [0.2, 0.25) is 0 Å². The van der Waals surface area contributed by atoms with E-state index in [-0.39, 0.29) is 13.1 Å². The van der Waals surface area contributed by atoms with Crippen molar-refractivity contribution in [2.24, 2.45) is 0 Å². The number of hydrogen-bond donors (Lipinski definition) is 0. The maximum atomic E-state index is 10.8. The molecule has 0 rings (SSSR count). The summed E-state index contributed by atoms with van der Waals surface area (Å²) in [6.45, 7) is -0.762. The zero-order valence-corrected chi connectivity index (χ0v) is 8.54. The van der Waals surface area contributed by atoms with Crippen molar-refractivity contribution in [1.29, 1.82) is 0 Å². The normalized spacial score (nSPS) is 9.07. The first-order valence-corrected chi connectivity index (χ1v) is 3.97. The molecule has 0 atom stereocenters. The number of carbonyl (C=O) groups is 3. The van der Waals surface area contributed by atoms with Crippen LogP contribution in [-0.4, -0.2) is 49.5 Å². The minimum absolute atomic E-state index is 0.381. The number of rotatable bonds is 4. The Labute approximate surface area is 85.7 Å². The largest absolute Gasteiger partial charge is 0.468 e. The molecule has 0 aliphatic heterocycles.